The molecule has 0 fully saturated rings. The number of hydrogen-bond acceptors (Lipinski definition) is 0. The van der Waals surface area contributed by atoms with E-state index in [4.69, 9.17) is 0 Å². The van der Waals surface area contributed by atoms with Crippen LogP contribution in [0.25, 0.3) is 0 Å². The molecule has 0 heterocycles. The van der Waals surface area contributed by atoms with Gasteiger partial charge in [-0.05, 0) is 24.0 Å². The summed E-state index contributed by atoms with van der Waals surface area (Å²) in [6, 6.07) is 3.14. The van der Waals surface area contributed by atoms with Gasteiger partial charge in [-0.15, -0.1) is 0 Å². The lowest BCUT2D eigenvalue weighted by Crippen LogP contribution is -2.36. The van der Waals surface area contributed by atoms with E-state index < -0.39 is 18.3 Å². The molecule has 1 aromatic rings. The second-order valence-electron chi connectivity index (χ2n) is 4.03. The summed E-state index contributed by atoms with van der Waals surface area (Å²) in [7, 11) is 0. The quantitative estimate of drug-likeness (QED) is 0.541. The van der Waals surface area contributed by atoms with Gasteiger partial charge in [0.25, 0.3) is 0 Å². The largest absolute Gasteiger partial charge is 0.512 e. The minimum atomic E-state index is -5.24. The van der Waals surface area contributed by atoms with Crippen LogP contribution in [0.2, 0.25) is 0 Å². The molecule has 0 aliphatic rings. The predicted octanol–water partition coefficient (Wildman–Crippen LogP) is 3.08. The molecule has 1 rings (SSSR count). The molecule has 0 bridgehead atoms. The van der Waals surface area contributed by atoms with Gasteiger partial charge in [-0.2, -0.15) is 0 Å². The summed E-state index contributed by atoms with van der Waals surface area (Å²) in [5.74, 6) is -0.868. The third-order valence-electron chi connectivity index (χ3n) is 2.06. The molecule has 0 saturated heterocycles. The van der Waals surface area contributed by atoms with Crippen molar-refractivity contribution in [3.63, 3.8) is 0 Å². The minimum absolute atomic E-state index is 0.298. The lowest BCUT2D eigenvalue weighted by molar-refractivity contribution is 0.494. The molecule has 0 unspecified atom stereocenters. The first-order chi connectivity index (χ1) is 6.80. The molecule has 84 valence electrons. The van der Waals surface area contributed by atoms with Crippen LogP contribution in [-0.4, -0.2) is 6.98 Å². The van der Waals surface area contributed by atoms with E-state index in [-0.39, 0.29) is 0 Å². The van der Waals surface area contributed by atoms with E-state index in [0.717, 1.165) is 12.1 Å². The van der Waals surface area contributed by atoms with Gasteiger partial charge < -0.3 is 12.9 Å². The highest BCUT2D eigenvalue weighted by Crippen LogP contribution is 2.14. The van der Waals surface area contributed by atoms with E-state index in [9.17, 15) is 17.3 Å². The van der Waals surface area contributed by atoms with Crippen molar-refractivity contribution in [2.24, 2.45) is 5.92 Å². The zero-order valence-corrected chi connectivity index (χ0v) is 8.61. The zero-order chi connectivity index (χ0) is 11.6. The summed E-state index contributed by atoms with van der Waals surface area (Å²) in [5.41, 5.74) is -0.534. The molecule has 0 radical (unpaired) electrons. The molecule has 15 heavy (non-hydrogen) atoms. The Bertz CT molecular complexity index is 344. The standard InChI is InChI=1S/C10H12BF4/c1-7(2)5-8-3-4-9(10(12)6-8)11(13,14)15/h3-4,6-7H,5H2,1-2H3/q-1. The van der Waals surface area contributed by atoms with E-state index in [0.29, 0.717) is 17.9 Å². The van der Waals surface area contributed by atoms with Crippen molar-refractivity contribution in [2.45, 2.75) is 20.3 Å². The maximum Gasteiger partial charge on any atom is 0.512 e. The highest BCUT2D eigenvalue weighted by atomic mass is 19.4. The van der Waals surface area contributed by atoms with E-state index >= 15 is 0 Å². The lowest BCUT2D eigenvalue weighted by Gasteiger charge is -2.16. The van der Waals surface area contributed by atoms with Gasteiger partial charge in [0.1, 0.15) is 0 Å². The van der Waals surface area contributed by atoms with Crippen LogP contribution in [0, 0.1) is 11.7 Å². The summed E-state index contributed by atoms with van der Waals surface area (Å²) in [6.07, 6.45) is 0.585. The molecule has 0 aromatic heterocycles. The van der Waals surface area contributed by atoms with Crippen molar-refractivity contribution in [3.05, 3.63) is 29.6 Å². The number of benzene rings is 1. The first-order valence-corrected chi connectivity index (χ1v) is 4.79. The first kappa shape index (κ1) is 12.1. The second kappa shape index (κ2) is 4.25. The number of rotatable bonds is 3. The molecule has 0 aliphatic heterocycles. The molecule has 0 saturated carbocycles. The van der Waals surface area contributed by atoms with Crippen LogP contribution in [0.4, 0.5) is 17.3 Å². The van der Waals surface area contributed by atoms with Gasteiger partial charge in [-0.1, -0.05) is 31.4 Å². The van der Waals surface area contributed by atoms with Gasteiger partial charge in [0, 0.05) is 0 Å². The van der Waals surface area contributed by atoms with E-state index in [1.54, 1.807) is 0 Å². The van der Waals surface area contributed by atoms with Gasteiger partial charge >= 0.3 is 6.98 Å². The minimum Gasteiger partial charge on any atom is -0.445 e. The summed E-state index contributed by atoms with van der Waals surface area (Å²) >= 11 is 0. The monoisotopic (exact) mass is 219 g/mol. The van der Waals surface area contributed by atoms with Crippen LogP contribution < -0.4 is 5.46 Å². The first-order valence-electron chi connectivity index (χ1n) is 4.79. The molecule has 1 aromatic carbocycles. The highest BCUT2D eigenvalue weighted by molar-refractivity contribution is 6.73. The van der Waals surface area contributed by atoms with Crippen molar-refractivity contribution in [3.8, 4) is 0 Å². The summed E-state index contributed by atoms with van der Waals surface area (Å²) < 4.78 is 49.9. The van der Waals surface area contributed by atoms with Crippen LogP contribution in [0.15, 0.2) is 18.2 Å². The third-order valence-corrected chi connectivity index (χ3v) is 2.06. The number of halogens is 4. The Kier molecular flexibility index (Phi) is 3.42. The normalized spacial score (nSPS) is 12.2. The molecule has 0 N–H and O–H groups in total. The van der Waals surface area contributed by atoms with Crippen molar-refractivity contribution in [1.82, 2.24) is 0 Å². The Hall–Kier alpha value is -0.995. The van der Waals surface area contributed by atoms with Gasteiger partial charge in [-0.3, -0.25) is 0 Å². The SMILES string of the molecule is CC(C)Cc1ccc([B-](F)(F)F)c(F)c1. The van der Waals surface area contributed by atoms with Crippen LogP contribution >= 0.6 is 0 Å². The fraction of sp³-hybridized carbons (Fsp3) is 0.400. The van der Waals surface area contributed by atoms with Crippen molar-refractivity contribution in [2.75, 3.05) is 0 Å². The Morgan fingerprint density at radius 3 is 2.20 bits per heavy atom. The fourth-order valence-corrected chi connectivity index (χ4v) is 1.43. The topological polar surface area (TPSA) is 0 Å². The van der Waals surface area contributed by atoms with Crippen molar-refractivity contribution >= 4 is 12.4 Å². The van der Waals surface area contributed by atoms with Crippen LogP contribution in [0.3, 0.4) is 0 Å². The summed E-state index contributed by atoms with van der Waals surface area (Å²) in [5, 5.41) is 0. The molecule has 0 atom stereocenters. The molecule has 0 aliphatic carbocycles. The third kappa shape index (κ3) is 3.25. The summed E-state index contributed by atoms with van der Waals surface area (Å²) in [6.45, 7) is -1.38. The average molecular weight is 219 g/mol. The van der Waals surface area contributed by atoms with E-state index in [1.165, 1.54) is 6.07 Å². The molecule has 0 amide bonds. The van der Waals surface area contributed by atoms with E-state index in [2.05, 4.69) is 0 Å². The Morgan fingerprint density at radius 2 is 1.80 bits per heavy atom. The average Bonchev–Trinajstić information content (AvgIpc) is 1.99. The second-order valence-corrected chi connectivity index (χ2v) is 4.03. The Balaban J connectivity index is 2.99. The fourth-order valence-electron chi connectivity index (χ4n) is 1.43. The van der Waals surface area contributed by atoms with E-state index in [1.807, 2.05) is 13.8 Å². The Morgan fingerprint density at radius 1 is 1.20 bits per heavy atom. The molecular formula is C10H12BF4-. The number of hydrogen-bond donors (Lipinski definition) is 0. The Labute approximate surface area is 86.4 Å². The van der Waals surface area contributed by atoms with Crippen molar-refractivity contribution < 1.29 is 17.3 Å². The highest BCUT2D eigenvalue weighted by Gasteiger charge is 2.28. The van der Waals surface area contributed by atoms with Crippen LogP contribution in [-0.2, 0) is 6.42 Å². The van der Waals surface area contributed by atoms with Gasteiger partial charge in [-0.25, -0.2) is 4.39 Å². The maximum absolute atomic E-state index is 13.1. The molecule has 0 nitrogen and oxygen atoms in total. The zero-order valence-electron chi connectivity index (χ0n) is 8.61. The maximum atomic E-state index is 13.1. The molecule has 5 heteroatoms. The van der Waals surface area contributed by atoms with Gasteiger partial charge in [0.2, 0.25) is 0 Å². The molecule has 0 spiro atoms. The lowest BCUT2D eigenvalue weighted by atomic mass is 9.79. The summed E-state index contributed by atoms with van der Waals surface area (Å²) in [4.78, 5) is 0. The van der Waals surface area contributed by atoms with Gasteiger partial charge in [0.05, 0.1) is 5.82 Å². The van der Waals surface area contributed by atoms with Crippen molar-refractivity contribution in [1.29, 1.82) is 0 Å². The van der Waals surface area contributed by atoms with Gasteiger partial charge in [0.15, 0.2) is 0 Å². The van der Waals surface area contributed by atoms with Crippen LogP contribution in [0.5, 0.6) is 0 Å². The smallest absolute Gasteiger partial charge is 0.445 e. The van der Waals surface area contributed by atoms with Crippen LogP contribution in [0.1, 0.15) is 19.4 Å². The predicted molar refractivity (Wildman–Crippen MR) is 53.7 cm³/mol. The molecular weight excluding hydrogens is 207 g/mol.